The molecule has 3 nitrogen and oxygen atoms in total. The van der Waals surface area contributed by atoms with Gasteiger partial charge in [0.2, 0.25) is 0 Å². The summed E-state index contributed by atoms with van der Waals surface area (Å²) in [5.74, 6) is 2.05. The molecule has 0 aliphatic rings. The molecule has 0 fully saturated rings. The van der Waals surface area contributed by atoms with Crippen molar-refractivity contribution >= 4 is 33.1 Å². The van der Waals surface area contributed by atoms with Crippen LogP contribution in [-0.4, -0.2) is 11.6 Å². The second-order valence-corrected chi connectivity index (χ2v) is 5.37. The van der Waals surface area contributed by atoms with Crippen LogP contribution in [0, 0.1) is 0 Å². The van der Waals surface area contributed by atoms with Gasteiger partial charge in [-0.1, -0.05) is 34.2 Å². The Morgan fingerprint density at radius 1 is 1.20 bits per heavy atom. The predicted octanol–water partition coefficient (Wildman–Crippen LogP) is 4.27. The standard InChI is InChI=1S/C15H14BrNO2S/c1-2-18-11-4-3-5-12(9-11)19-14-8-10(16)6-7-13(14)15(17)20/h3-9H,2H2,1H3,(H2,17,20). The summed E-state index contributed by atoms with van der Waals surface area (Å²) in [5, 5.41) is 0. The van der Waals surface area contributed by atoms with E-state index < -0.39 is 0 Å². The summed E-state index contributed by atoms with van der Waals surface area (Å²) >= 11 is 8.44. The maximum absolute atomic E-state index is 5.86. The van der Waals surface area contributed by atoms with Crippen molar-refractivity contribution in [2.45, 2.75) is 6.92 Å². The van der Waals surface area contributed by atoms with Crippen LogP contribution in [0.4, 0.5) is 0 Å². The van der Waals surface area contributed by atoms with Crippen molar-refractivity contribution in [2.24, 2.45) is 5.73 Å². The number of hydrogen-bond donors (Lipinski definition) is 1. The second kappa shape index (κ2) is 6.72. The van der Waals surface area contributed by atoms with Crippen molar-refractivity contribution in [1.29, 1.82) is 0 Å². The van der Waals surface area contributed by atoms with Gasteiger partial charge in [0, 0.05) is 10.5 Å². The van der Waals surface area contributed by atoms with Gasteiger partial charge in [0.05, 0.1) is 12.2 Å². The van der Waals surface area contributed by atoms with E-state index in [1.54, 1.807) is 0 Å². The van der Waals surface area contributed by atoms with Crippen LogP contribution in [0.25, 0.3) is 0 Å². The molecular formula is C15H14BrNO2S. The first kappa shape index (κ1) is 14.8. The van der Waals surface area contributed by atoms with Crippen molar-refractivity contribution in [3.05, 3.63) is 52.5 Å². The molecule has 0 heterocycles. The Bertz CT molecular complexity index is 631. The van der Waals surface area contributed by atoms with E-state index in [9.17, 15) is 0 Å². The summed E-state index contributed by atoms with van der Waals surface area (Å²) in [7, 11) is 0. The highest BCUT2D eigenvalue weighted by Crippen LogP contribution is 2.30. The third-order valence-corrected chi connectivity index (χ3v) is 3.27. The summed E-state index contributed by atoms with van der Waals surface area (Å²) < 4.78 is 12.2. The zero-order chi connectivity index (χ0) is 14.5. The quantitative estimate of drug-likeness (QED) is 0.816. The molecule has 0 aliphatic heterocycles. The van der Waals surface area contributed by atoms with Gasteiger partial charge < -0.3 is 15.2 Å². The number of benzene rings is 2. The van der Waals surface area contributed by atoms with Gasteiger partial charge in [0.15, 0.2) is 0 Å². The zero-order valence-electron chi connectivity index (χ0n) is 10.9. The maximum atomic E-state index is 5.86. The Hall–Kier alpha value is -1.59. The lowest BCUT2D eigenvalue weighted by Crippen LogP contribution is -2.10. The van der Waals surface area contributed by atoms with Gasteiger partial charge in [-0.3, -0.25) is 0 Å². The molecule has 0 aromatic heterocycles. The number of hydrogen-bond acceptors (Lipinski definition) is 3. The molecule has 0 saturated heterocycles. The third kappa shape index (κ3) is 3.71. The lowest BCUT2D eigenvalue weighted by molar-refractivity contribution is 0.338. The van der Waals surface area contributed by atoms with E-state index in [1.807, 2.05) is 49.4 Å². The van der Waals surface area contributed by atoms with E-state index in [4.69, 9.17) is 27.4 Å². The molecule has 0 amide bonds. The summed E-state index contributed by atoms with van der Waals surface area (Å²) in [4.78, 5) is 0.300. The molecule has 20 heavy (non-hydrogen) atoms. The Balaban J connectivity index is 2.31. The van der Waals surface area contributed by atoms with Crippen LogP contribution in [0.3, 0.4) is 0 Å². The van der Waals surface area contributed by atoms with E-state index in [0.717, 1.165) is 10.2 Å². The van der Waals surface area contributed by atoms with Gasteiger partial charge in [-0.05, 0) is 37.3 Å². The lowest BCUT2D eigenvalue weighted by Gasteiger charge is -2.12. The number of thiocarbonyl (C=S) groups is 1. The Morgan fingerprint density at radius 2 is 1.95 bits per heavy atom. The molecule has 0 saturated carbocycles. The summed E-state index contributed by atoms with van der Waals surface area (Å²) in [6.45, 7) is 2.55. The summed E-state index contributed by atoms with van der Waals surface area (Å²) in [6.07, 6.45) is 0. The highest BCUT2D eigenvalue weighted by molar-refractivity contribution is 9.10. The highest BCUT2D eigenvalue weighted by Gasteiger charge is 2.09. The minimum atomic E-state index is 0.300. The minimum absolute atomic E-state index is 0.300. The van der Waals surface area contributed by atoms with E-state index in [2.05, 4.69) is 15.9 Å². The largest absolute Gasteiger partial charge is 0.494 e. The first-order valence-electron chi connectivity index (χ1n) is 6.10. The minimum Gasteiger partial charge on any atom is -0.494 e. The van der Waals surface area contributed by atoms with Crippen molar-refractivity contribution in [2.75, 3.05) is 6.61 Å². The molecule has 2 aromatic carbocycles. The van der Waals surface area contributed by atoms with Crippen LogP contribution in [0.5, 0.6) is 17.2 Å². The average molecular weight is 352 g/mol. The molecule has 0 spiro atoms. The van der Waals surface area contributed by atoms with E-state index in [-0.39, 0.29) is 0 Å². The van der Waals surface area contributed by atoms with Gasteiger partial charge in [0.25, 0.3) is 0 Å². The van der Waals surface area contributed by atoms with Gasteiger partial charge in [-0.15, -0.1) is 0 Å². The van der Waals surface area contributed by atoms with E-state index >= 15 is 0 Å². The summed E-state index contributed by atoms with van der Waals surface area (Å²) in [5.41, 5.74) is 6.41. The topological polar surface area (TPSA) is 44.5 Å². The Morgan fingerprint density at radius 3 is 2.65 bits per heavy atom. The molecule has 104 valence electrons. The van der Waals surface area contributed by atoms with E-state index in [1.165, 1.54) is 0 Å². The fourth-order valence-corrected chi connectivity index (χ4v) is 2.21. The van der Waals surface area contributed by atoms with Crippen LogP contribution in [0.1, 0.15) is 12.5 Å². The van der Waals surface area contributed by atoms with Gasteiger partial charge in [-0.25, -0.2) is 0 Å². The normalized spacial score (nSPS) is 10.1. The molecule has 0 atom stereocenters. The number of nitrogens with two attached hydrogens (primary N) is 1. The number of halogens is 1. The second-order valence-electron chi connectivity index (χ2n) is 4.01. The Labute approximate surface area is 131 Å². The molecule has 2 N–H and O–H groups in total. The maximum Gasteiger partial charge on any atom is 0.138 e. The van der Waals surface area contributed by atoms with Gasteiger partial charge in [0.1, 0.15) is 22.2 Å². The highest BCUT2D eigenvalue weighted by atomic mass is 79.9. The molecule has 0 unspecified atom stereocenters. The molecule has 2 aromatic rings. The number of ether oxygens (including phenoxy) is 2. The van der Waals surface area contributed by atoms with Crippen molar-refractivity contribution < 1.29 is 9.47 Å². The molecular weight excluding hydrogens is 338 g/mol. The zero-order valence-corrected chi connectivity index (χ0v) is 13.3. The predicted molar refractivity (Wildman–Crippen MR) is 87.7 cm³/mol. The van der Waals surface area contributed by atoms with Crippen molar-refractivity contribution in [3.8, 4) is 17.2 Å². The molecule has 0 bridgehead atoms. The number of rotatable bonds is 5. The molecule has 2 rings (SSSR count). The first-order chi connectivity index (χ1) is 9.60. The lowest BCUT2D eigenvalue weighted by atomic mass is 10.2. The smallest absolute Gasteiger partial charge is 0.138 e. The average Bonchev–Trinajstić information content (AvgIpc) is 2.39. The summed E-state index contributed by atoms with van der Waals surface area (Å²) in [6, 6.07) is 13.0. The van der Waals surface area contributed by atoms with Gasteiger partial charge >= 0.3 is 0 Å². The van der Waals surface area contributed by atoms with Gasteiger partial charge in [-0.2, -0.15) is 0 Å². The van der Waals surface area contributed by atoms with Crippen LogP contribution in [0.15, 0.2) is 46.9 Å². The molecule has 0 radical (unpaired) electrons. The monoisotopic (exact) mass is 351 g/mol. The molecule has 5 heteroatoms. The third-order valence-electron chi connectivity index (χ3n) is 2.55. The van der Waals surface area contributed by atoms with Crippen LogP contribution < -0.4 is 15.2 Å². The van der Waals surface area contributed by atoms with Crippen molar-refractivity contribution in [3.63, 3.8) is 0 Å². The SMILES string of the molecule is CCOc1cccc(Oc2cc(Br)ccc2C(N)=S)c1. The Kier molecular flexibility index (Phi) is 4.98. The fraction of sp³-hybridized carbons (Fsp3) is 0.133. The van der Waals surface area contributed by atoms with Crippen molar-refractivity contribution in [1.82, 2.24) is 0 Å². The first-order valence-corrected chi connectivity index (χ1v) is 7.30. The van der Waals surface area contributed by atoms with Crippen LogP contribution in [0.2, 0.25) is 0 Å². The van der Waals surface area contributed by atoms with E-state index in [0.29, 0.717) is 28.7 Å². The molecule has 0 aliphatic carbocycles. The fourth-order valence-electron chi connectivity index (χ4n) is 1.71. The van der Waals surface area contributed by atoms with Crippen LogP contribution >= 0.6 is 28.1 Å². The van der Waals surface area contributed by atoms with Crippen LogP contribution in [-0.2, 0) is 0 Å².